The molecule has 1 aliphatic rings. The van der Waals surface area contributed by atoms with Crippen molar-refractivity contribution in [1.82, 2.24) is 10.6 Å². The van der Waals surface area contributed by atoms with Crippen LogP contribution in [0, 0.1) is 0 Å². The number of carbonyl (C=O) groups is 3. The van der Waals surface area contributed by atoms with Gasteiger partial charge < -0.3 is 20.8 Å². The molecule has 0 aromatic heterocycles. The quantitative estimate of drug-likeness (QED) is 0.464. The normalized spacial score (nSPS) is 21.9. The molecule has 0 saturated carbocycles. The van der Waals surface area contributed by atoms with Crippen molar-refractivity contribution in [2.45, 2.75) is 12.1 Å². The third-order valence-corrected chi connectivity index (χ3v) is 2.67. The van der Waals surface area contributed by atoms with Crippen molar-refractivity contribution < 1.29 is 24.6 Å². The summed E-state index contributed by atoms with van der Waals surface area (Å²) in [6.07, 6.45) is 0. The summed E-state index contributed by atoms with van der Waals surface area (Å²) in [4.78, 5) is 32.6. The van der Waals surface area contributed by atoms with Crippen molar-refractivity contribution in [3.05, 3.63) is 0 Å². The molecule has 2 atom stereocenters. The molecule has 1 saturated heterocycles. The topological polar surface area (TPSA) is 116 Å². The van der Waals surface area contributed by atoms with Crippen molar-refractivity contribution >= 4 is 28.9 Å². The fourth-order valence-electron chi connectivity index (χ4n) is 0.984. The first-order valence-electron chi connectivity index (χ1n) is 4.12. The zero-order valence-corrected chi connectivity index (χ0v) is 8.41. The van der Waals surface area contributed by atoms with Crippen molar-refractivity contribution in [2.75, 3.05) is 12.4 Å². The number of hydrogen-bond donors (Lipinski definition) is 4. The van der Waals surface area contributed by atoms with Gasteiger partial charge in [-0.2, -0.15) is 0 Å². The first kappa shape index (κ1) is 11.8. The highest BCUT2D eigenvalue weighted by molar-refractivity contribution is 8.14. The van der Waals surface area contributed by atoms with Gasteiger partial charge in [-0.1, -0.05) is 11.8 Å². The first-order valence-corrected chi connectivity index (χ1v) is 5.10. The molecule has 0 aromatic carbocycles. The van der Waals surface area contributed by atoms with Gasteiger partial charge in [-0.15, -0.1) is 0 Å². The number of aliphatic hydroxyl groups is 1. The van der Waals surface area contributed by atoms with E-state index < -0.39 is 30.6 Å². The second-order valence-corrected chi connectivity index (χ2v) is 3.87. The van der Waals surface area contributed by atoms with Crippen LogP contribution in [0.25, 0.3) is 0 Å². The Morgan fingerprint density at radius 3 is 2.73 bits per heavy atom. The van der Waals surface area contributed by atoms with Gasteiger partial charge in [0.2, 0.25) is 5.91 Å². The SMILES string of the molecule is O=C1NC(C(=O)NC(CO)C(=O)O)CS1. The maximum Gasteiger partial charge on any atom is 0.328 e. The second kappa shape index (κ2) is 4.99. The fraction of sp³-hybridized carbons (Fsp3) is 0.571. The molecule has 1 fully saturated rings. The predicted molar refractivity (Wildman–Crippen MR) is 51.4 cm³/mol. The smallest absolute Gasteiger partial charge is 0.328 e. The molecule has 1 rings (SSSR count). The molecule has 0 aliphatic carbocycles. The number of carbonyl (C=O) groups excluding carboxylic acids is 2. The van der Waals surface area contributed by atoms with Gasteiger partial charge in [-0.05, 0) is 0 Å². The van der Waals surface area contributed by atoms with Gasteiger partial charge >= 0.3 is 5.97 Å². The van der Waals surface area contributed by atoms with Crippen LogP contribution in [0.2, 0.25) is 0 Å². The molecule has 0 aromatic rings. The standard InChI is InChI=1S/C7H10N2O5S/c10-1-3(6(12)13)8-5(11)4-2-15-7(14)9-4/h3-4,10H,1-2H2,(H,8,11)(H,9,14)(H,12,13). The number of amides is 2. The molecule has 8 heteroatoms. The highest BCUT2D eigenvalue weighted by Crippen LogP contribution is 2.12. The molecule has 2 unspecified atom stereocenters. The van der Waals surface area contributed by atoms with E-state index in [4.69, 9.17) is 10.2 Å². The number of carboxylic acid groups (broad SMARTS) is 1. The third kappa shape index (κ3) is 3.10. The van der Waals surface area contributed by atoms with E-state index in [1.807, 2.05) is 0 Å². The summed E-state index contributed by atoms with van der Waals surface area (Å²) in [7, 11) is 0. The molecule has 0 spiro atoms. The van der Waals surface area contributed by atoms with Gasteiger partial charge in [-0.3, -0.25) is 9.59 Å². The van der Waals surface area contributed by atoms with Crippen LogP contribution in [0.15, 0.2) is 0 Å². The highest BCUT2D eigenvalue weighted by Gasteiger charge is 2.30. The lowest BCUT2D eigenvalue weighted by Crippen LogP contribution is -2.50. The van der Waals surface area contributed by atoms with Gasteiger partial charge in [0.15, 0.2) is 0 Å². The Hall–Kier alpha value is -1.28. The monoisotopic (exact) mass is 234 g/mol. The zero-order chi connectivity index (χ0) is 11.4. The van der Waals surface area contributed by atoms with Crippen molar-refractivity contribution in [3.63, 3.8) is 0 Å². The molecular weight excluding hydrogens is 224 g/mol. The Morgan fingerprint density at radius 2 is 2.33 bits per heavy atom. The molecule has 1 aliphatic heterocycles. The Balaban J connectivity index is 2.47. The molecule has 0 radical (unpaired) electrons. The van der Waals surface area contributed by atoms with Gasteiger partial charge in [0.25, 0.3) is 5.24 Å². The van der Waals surface area contributed by atoms with Crippen molar-refractivity contribution in [3.8, 4) is 0 Å². The van der Waals surface area contributed by atoms with Gasteiger partial charge in [0.1, 0.15) is 12.1 Å². The van der Waals surface area contributed by atoms with Gasteiger partial charge in [-0.25, -0.2) is 4.79 Å². The van der Waals surface area contributed by atoms with E-state index in [0.29, 0.717) is 0 Å². The minimum absolute atomic E-state index is 0.266. The lowest BCUT2D eigenvalue weighted by Gasteiger charge is -2.14. The molecule has 4 N–H and O–H groups in total. The fourth-order valence-corrected chi connectivity index (χ4v) is 1.76. The third-order valence-electron chi connectivity index (χ3n) is 1.79. The summed E-state index contributed by atoms with van der Waals surface area (Å²) in [5.41, 5.74) is 0. The average molecular weight is 234 g/mol. The van der Waals surface area contributed by atoms with E-state index >= 15 is 0 Å². The van der Waals surface area contributed by atoms with Crippen LogP contribution in [0.5, 0.6) is 0 Å². The van der Waals surface area contributed by atoms with E-state index in [1.54, 1.807) is 0 Å². The van der Waals surface area contributed by atoms with E-state index in [-0.39, 0.29) is 11.0 Å². The number of aliphatic hydroxyl groups excluding tert-OH is 1. The Kier molecular flexibility index (Phi) is 3.92. The van der Waals surface area contributed by atoms with Crippen molar-refractivity contribution in [2.24, 2.45) is 0 Å². The zero-order valence-electron chi connectivity index (χ0n) is 7.60. The van der Waals surface area contributed by atoms with Crippen LogP contribution in [-0.4, -0.2) is 51.8 Å². The summed E-state index contributed by atoms with van der Waals surface area (Å²) in [6, 6.07) is -2.06. The molecule has 0 bridgehead atoms. The largest absolute Gasteiger partial charge is 0.480 e. The van der Waals surface area contributed by atoms with Crippen LogP contribution in [-0.2, 0) is 9.59 Å². The molecule has 1 heterocycles. The Bertz CT molecular complexity index is 295. The van der Waals surface area contributed by atoms with Crippen LogP contribution < -0.4 is 10.6 Å². The summed E-state index contributed by atoms with van der Waals surface area (Å²) in [5, 5.41) is 21.4. The van der Waals surface area contributed by atoms with Crippen molar-refractivity contribution in [1.29, 1.82) is 0 Å². The summed E-state index contributed by atoms with van der Waals surface area (Å²) >= 11 is 0.956. The first-order chi connectivity index (χ1) is 7.04. The number of nitrogens with one attached hydrogen (secondary N) is 2. The maximum atomic E-state index is 11.4. The molecule has 15 heavy (non-hydrogen) atoms. The van der Waals surface area contributed by atoms with Crippen LogP contribution in [0.3, 0.4) is 0 Å². The lowest BCUT2D eigenvalue weighted by atomic mass is 10.2. The second-order valence-electron chi connectivity index (χ2n) is 2.88. The minimum Gasteiger partial charge on any atom is -0.480 e. The number of thioether (sulfide) groups is 1. The van der Waals surface area contributed by atoms with E-state index in [1.165, 1.54) is 0 Å². The molecular formula is C7H10N2O5S. The number of hydrogen-bond acceptors (Lipinski definition) is 5. The van der Waals surface area contributed by atoms with E-state index in [0.717, 1.165) is 11.8 Å². The molecule has 84 valence electrons. The summed E-state index contributed by atoms with van der Waals surface area (Å²) in [5.74, 6) is -1.65. The minimum atomic E-state index is -1.33. The van der Waals surface area contributed by atoms with Crippen LogP contribution in [0.4, 0.5) is 4.79 Å². The summed E-state index contributed by atoms with van der Waals surface area (Å²) < 4.78 is 0. The van der Waals surface area contributed by atoms with Gasteiger partial charge in [0, 0.05) is 5.75 Å². The number of carboxylic acids is 1. The number of aliphatic carboxylic acids is 1. The average Bonchev–Trinajstić information content (AvgIpc) is 2.60. The predicted octanol–water partition coefficient (Wildman–Crippen LogP) is -1.63. The molecule has 7 nitrogen and oxygen atoms in total. The Morgan fingerprint density at radius 1 is 1.67 bits per heavy atom. The van der Waals surface area contributed by atoms with Crippen LogP contribution in [0.1, 0.15) is 0 Å². The number of rotatable bonds is 4. The maximum absolute atomic E-state index is 11.4. The molecule has 2 amide bonds. The van der Waals surface area contributed by atoms with E-state index in [9.17, 15) is 14.4 Å². The van der Waals surface area contributed by atoms with Gasteiger partial charge in [0.05, 0.1) is 6.61 Å². The van der Waals surface area contributed by atoms with E-state index in [2.05, 4.69) is 10.6 Å². The van der Waals surface area contributed by atoms with Crippen LogP contribution >= 0.6 is 11.8 Å². The summed E-state index contributed by atoms with van der Waals surface area (Å²) in [6.45, 7) is -0.686. The highest BCUT2D eigenvalue weighted by atomic mass is 32.2. The Labute approximate surface area is 89.2 Å². The lowest BCUT2D eigenvalue weighted by molar-refractivity contribution is -0.143.